The van der Waals surface area contributed by atoms with Gasteiger partial charge in [0.05, 0.1) is 9.80 Å². The average Bonchev–Trinajstić information content (AvgIpc) is 2.89. The summed E-state index contributed by atoms with van der Waals surface area (Å²) in [5.41, 5.74) is 6.99. The van der Waals surface area contributed by atoms with Gasteiger partial charge in [-0.05, 0) is 17.7 Å². The number of anilines is 1. The smallest absolute Gasteiger partial charge is 0.324 e. The predicted octanol–water partition coefficient (Wildman–Crippen LogP) is 2.37. The van der Waals surface area contributed by atoms with E-state index in [-0.39, 0.29) is 10.9 Å². The zero-order valence-electron chi connectivity index (χ0n) is 9.83. The van der Waals surface area contributed by atoms with Crippen LogP contribution in [0.1, 0.15) is 15.2 Å². The summed E-state index contributed by atoms with van der Waals surface area (Å²) in [5.74, 6) is -0.376. The van der Waals surface area contributed by atoms with Crippen molar-refractivity contribution in [3.63, 3.8) is 0 Å². The molecule has 0 unspecified atom stereocenters. The molecule has 98 valence electrons. The number of hydrogen-bond acceptors (Lipinski definition) is 5. The van der Waals surface area contributed by atoms with E-state index < -0.39 is 4.92 Å². The van der Waals surface area contributed by atoms with Crippen molar-refractivity contribution in [1.29, 1.82) is 0 Å². The van der Waals surface area contributed by atoms with E-state index in [2.05, 4.69) is 5.32 Å². The van der Waals surface area contributed by atoms with Gasteiger partial charge < -0.3 is 11.1 Å². The fraction of sp³-hybridized carbons (Fsp3) is 0.0833. The molecule has 0 spiro atoms. The van der Waals surface area contributed by atoms with Crippen molar-refractivity contribution < 1.29 is 9.72 Å². The van der Waals surface area contributed by atoms with Crippen molar-refractivity contribution in [3.8, 4) is 0 Å². The lowest BCUT2D eigenvalue weighted by molar-refractivity contribution is -0.380. The maximum absolute atomic E-state index is 12.0. The Balaban J connectivity index is 2.18. The number of hydrogen-bond donors (Lipinski definition) is 2. The Bertz CT molecular complexity index is 624. The van der Waals surface area contributed by atoms with Gasteiger partial charge in [-0.3, -0.25) is 14.9 Å². The minimum absolute atomic E-state index is 0.0581. The minimum atomic E-state index is -0.519. The molecule has 6 nitrogen and oxygen atoms in total. The quantitative estimate of drug-likeness (QED) is 0.662. The highest BCUT2D eigenvalue weighted by Gasteiger charge is 2.15. The van der Waals surface area contributed by atoms with Crippen LogP contribution in [0, 0.1) is 10.1 Å². The molecule has 0 radical (unpaired) electrons. The summed E-state index contributed by atoms with van der Waals surface area (Å²) in [4.78, 5) is 22.3. The van der Waals surface area contributed by atoms with Crippen LogP contribution in [0.2, 0.25) is 0 Å². The van der Waals surface area contributed by atoms with Gasteiger partial charge in [0.2, 0.25) is 0 Å². The summed E-state index contributed by atoms with van der Waals surface area (Å²) < 4.78 is 0. The average molecular weight is 277 g/mol. The Morgan fingerprint density at radius 1 is 1.32 bits per heavy atom. The zero-order valence-corrected chi connectivity index (χ0v) is 10.6. The third kappa shape index (κ3) is 2.95. The summed E-state index contributed by atoms with van der Waals surface area (Å²) in [6, 6.07) is 9.91. The monoisotopic (exact) mass is 277 g/mol. The molecule has 1 aromatic heterocycles. The van der Waals surface area contributed by atoms with Crippen LogP contribution in [-0.4, -0.2) is 10.8 Å². The third-order valence-corrected chi connectivity index (χ3v) is 3.52. The largest absolute Gasteiger partial charge is 0.326 e. The molecule has 2 aromatic rings. The molecule has 0 saturated carbocycles. The highest BCUT2D eigenvalue weighted by Crippen LogP contribution is 2.25. The van der Waals surface area contributed by atoms with Gasteiger partial charge >= 0.3 is 5.00 Å². The summed E-state index contributed by atoms with van der Waals surface area (Å²) in [6.45, 7) is 0.307. The summed E-state index contributed by atoms with van der Waals surface area (Å²) in [6.07, 6.45) is 0. The van der Waals surface area contributed by atoms with Gasteiger partial charge in [-0.2, -0.15) is 0 Å². The van der Waals surface area contributed by atoms with Gasteiger partial charge in [-0.25, -0.2) is 0 Å². The third-order valence-electron chi connectivity index (χ3n) is 2.48. The number of carbonyl (C=O) groups excluding carboxylic acids is 1. The molecule has 0 aliphatic carbocycles. The van der Waals surface area contributed by atoms with E-state index in [1.807, 2.05) is 12.1 Å². The molecule has 0 saturated heterocycles. The minimum Gasteiger partial charge on any atom is -0.326 e. The maximum atomic E-state index is 12.0. The number of nitrogens with one attached hydrogen (secondary N) is 1. The molecule has 2 rings (SSSR count). The molecule has 1 heterocycles. The number of benzene rings is 1. The van der Waals surface area contributed by atoms with Crippen LogP contribution in [0.4, 0.5) is 10.7 Å². The van der Waals surface area contributed by atoms with Crippen molar-refractivity contribution in [2.45, 2.75) is 6.54 Å². The van der Waals surface area contributed by atoms with Gasteiger partial charge in [0.1, 0.15) is 0 Å². The second-order valence-electron chi connectivity index (χ2n) is 3.71. The highest BCUT2D eigenvalue weighted by molar-refractivity contribution is 7.17. The first-order chi connectivity index (χ1) is 9.11. The van der Waals surface area contributed by atoms with Crippen LogP contribution in [-0.2, 0) is 6.54 Å². The molecular weight excluding hydrogens is 266 g/mol. The van der Waals surface area contributed by atoms with Crippen molar-refractivity contribution in [1.82, 2.24) is 0 Å². The van der Waals surface area contributed by atoms with E-state index in [9.17, 15) is 14.9 Å². The molecule has 3 N–H and O–H groups in total. The van der Waals surface area contributed by atoms with E-state index in [0.29, 0.717) is 17.1 Å². The van der Waals surface area contributed by atoms with Crippen LogP contribution < -0.4 is 11.1 Å². The van der Waals surface area contributed by atoms with Crippen LogP contribution in [0.5, 0.6) is 0 Å². The molecule has 0 atom stereocenters. The molecule has 0 aliphatic rings. The Labute approximate surface area is 113 Å². The van der Waals surface area contributed by atoms with Gasteiger partial charge in [0.15, 0.2) is 0 Å². The molecule has 7 heteroatoms. The molecule has 0 bridgehead atoms. The van der Waals surface area contributed by atoms with E-state index in [4.69, 9.17) is 5.73 Å². The Morgan fingerprint density at radius 3 is 2.68 bits per heavy atom. The van der Waals surface area contributed by atoms with Gasteiger partial charge in [-0.15, -0.1) is 0 Å². The first-order valence-corrected chi connectivity index (χ1v) is 6.27. The SMILES string of the molecule is NCc1ccccc1NC(=O)c1ccc([N+](=O)[O-])s1. The maximum Gasteiger partial charge on any atom is 0.324 e. The van der Waals surface area contributed by atoms with Crippen molar-refractivity contribution in [3.05, 3.63) is 57.0 Å². The molecule has 0 aliphatic heterocycles. The number of amides is 1. The molecule has 19 heavy (non-hydrogen) atoms. The van der Waals surface area contributed by atoms with Crippen molar-refractivity contribution in [2.75, 3.05) is 5.32 Å². The van der Waals surface area contributed by atoms with Crippen LogP contribution in [0.15, 0.2) is 36.4 Å². The topological polar surface area (TPSA) is 98.3 Å². The molecule has 0 fully saturated rings. The summed E-state index contributed by atoms with van der Waals surface area (Å²) >= 11 is 0.839. The first kappa shape index (κ1) is 13.2. The van der Waals surface area contributed by atoms with Crippen molar-refractivity contribution >= 4 is 27.9 Å². The first-order valence-electron chi connectivity index (χ1n) is 5.45. The van der Waals surface area contributed by atoms with Crippen molar-refractivity contribution in [2.24, 2.45) is 5.73 Å². The standard InChI is InChI=1S/C12H11N3O3S/c13-7-8-3-1-2-4-9(8)14-12(16)10-5-6-11(19-10)15(17)18/h1-6H,7,13H2,(H,14,16). The number of para-hydroxylation sites is 1. The van der Waals surface area contributed by atoms with E-state index in [0.717, 1.165) is 16.9 Å². The second-order valence-corrected chi connectivity index (χ2v) is 4.77. The predicted molar refractivity (Wildman–Crippen MR) is 73.3 cm³/mol. The van der Waals surface area contributed by atoms with E-state index >= 15 is 0 Å². The second kappa shape index (κ2) is 5.59. The lowest BCUT2D eigenvalue weighted by atomic mass is 10.2. The molecule has 1 amide bonds. The highest BCUT2D eigenvalue weighted by atomic mass is 32.1. The van der Waals surface area contributed by atoms with Gasteiger partial charge in [0, 0.05) is 18.3 Å². The zero-order chi connectivity index (χ0) is 13.8. The number of carbonyl (C=O) groups is 1. The van der Waals surface area contributed by atoms with Crippen LogP contribution >= 0.6 is 11.3 Å². The summed E-state index contributed by atoms with van der Waals surface area (Å²) in [7, 11) is 0. The Hall–Kier alpha value is -2.25. The van der Waals surface area contributed by atoms with Crippen LogP contribution in [0.25, 0.3) is 0 Å². The van der Waals surface area contributed by atoms with Crippen LogP contribution in [0.3, 0.4) is 0 Å². The van der Waals surface area contributed by atoms with Gasteiger partial charge in [-0.1, -0.05) is 29.5 Å². The molecule has 1 aromatic carbocycles. The fourth-order valence-corrected chi connectivity index (χ4v) is 2.27. The normalized spacial score (nSPS) is 10.2. The number of nitro groups is 1. The number of rotatable bonds is 4. The number of thiophene rings is 1. The number of nitrogens with two attached hydrogens (primary N) is 1. The molecular formula is C12H11N3O3S. The lowest BCUT2D eigenvalue weighted by Crippen LogP contribution is -2.12. The Kier molecular flexibility index (Phi) is 3.88. The number of nitrogens with zero attached hydrogens (tertiary/aromatic N) is 1. The fourth-order valence-electron chi connectivity index (χ4n) is 1.55. The summed E-state index contributed by atoms with van der Waals surface area (Å²) in [5, 5.41) is 13.2. The van der Waals surface area contributed by atoms with Gasteiger partial charge in [0.25, 0.3) is 5.91 Å². The lowest BCUT2D eigenvalue weighted by Gasteiger charge is -2.08. The van der Waals surface area contributed by atoms with E-state index in [1.165, 1.54) is 12.1 Å². The van der Waals surface area contributed by atoms with E-state index in [1.54, 1.807) is 12.1 Å². The Morgan fingerprint density at radius 2 is 2.05 bits per heavy atom.